The molecule has 0 aliphatic rings. The molecule has 2 aromatic rings. The van der Waals surface area contributed by atoms with E-state index in [0.29, 0.717) is 0 Å². The second-order valence-corrected chi connectivity index (χ2v) is 5.43. The van der Waals surface area contributed by atoms with E-state index in [4.69, 9.17) is 4.74 Å². The summed E-state index contributed by atoms with van der Waals surface area (Å²) in [5.41, 5.74) is 2.61. The van der Waals surface area contributed by atoms with E-state index in [2.05, 4.69) is 25.8 Å². The molecule has 0 amide bonds. The van der Waals surface area contributed by atoms with Crippen molar-refractivity contribution in [3.8, 4) is 5.75 Å². The lowest BCUT2D eigenvalue weighted by atomic mass is 9.90. The summed E-state index contributed by atoms with van der Waals surface area (Å²) in [7, 11) is 1.64. The average Bonchev–Trinajstić information content (AvgIpc) is 2.35. The van der Waals surface area contributed by atoms with Gasteiger partial charge in [0.1, 0.15) is 11.3 Å². The first-order chi connectivity index (χ1) is 8.47. The minimum Gasteiger partial charge on any atom is -0.494 e. The van der Waals surface area contributed by atoms with Gasteiger partial charge in [-0.2, -0.15) is 0 Å². The first-order valence-corrected chi connectivity index (χ1v) is 6.05. The van der Waals surface area contributed by atoms with E-state index in [9.17, 15) is 5.11 Å². The molecule has 0 atom stereocenters. The number of para-hydroxylation sites is 1. The number of methoxy groups -OCH3 is 1. The van der Waals surface area contributed by atoms with E-state index in [0.717, 1.165) is 27.9 Å². The normalized spacial score (nSPS) is 11.8. The van der Waals surface area contributed by atoms with Crippen molar-refractivity contribution in [2.45, 2.75) is 32.8 Å². The van der Waals surface area contributed by atoms with Crippen LogP contribution in [0.2, 0.25) is 0 Å². The molecule has 1 aromatic carbocycles. The van der Waals surface area contributed by atoms with Crippen LogP contribution in [0.5, 0.6) is 5.75 Å². The molecule has 0 radical (unpaired) electrons. The SMILES string of the molecule is COc1cccc2c(CO)cc(C(C)(C)C)nc12. The van der Waals surface area contributed by atoms with Gasteiger partial charge in [-0.05, 0) is 17.7 Å². The van der Waals surface area contributed by atoms with Gasteiger partial charge in [0, 0.05) is 16.5 Å². The molecule has 18 heavy (non-hydrogen) atoms. The highest BCUT2D eigenvalue weighted by atomic mass is 16.5. The zero-order valence-corrected chi connectivity index (χ0v) is 11.3. The number of aliphatic hydroxyl groups excluding tert-OH is 1. The third-order valence-electron chi connectivity index (χ3n) is 3.05. The Labute approximate surface area is 107 Å². The minimum atomic E-state index is -0.0566. The molecule has 3 nitrogen and oxygen atoms in total. The van der Waals surface area contributed by atoms with Crippen molar-refractivity contribution in [3.05, 3.63) is 35.5 Å². The smallest absolute Gasteiger partial charge is 0.145 e. The molecular formula is C15H19NO2. The van der Waals surface area contributed by atoms with Gasteiger partial charge in [0.05, 0.1) is 13.7 Å². The molecular weight excluding hydrogens is 226 g/mol. The highest BCUT2D eigenvalue weighted by Crippen LogP contribution is 2.30. The number of hydrogen-bond donors (Lipinski definition) is 1. The molecule has 96 valence electrons. The van der Waals surface area contributed by atoms with Crippen LogP contribution in [0.4, 0.5) is 0 Å². The molecule has 0 fully saturated rings. The van der Waals surface area contributed by atoms with Gasteiger partial charge in [0.15, 0.2) is 0 Å². The van der Waals surface area contributed by atoms with Gasteiger partial charge in [-0.25, -0.2) is 4.98 Å². The van der Waals surface area contributed by atoms with Gasteiger partial charge in [0.25, 0.3) is 0 Å². The summed E-state index contributed by atoms with van der Waals surface area (Å²) in [6, 6.07) is 7.74. The number of hydrogen-bond acceptors (Lipinski definition) is 3. The highest BCUT2D eigenvalue weighted by molar-refractivity contribution is 5.87. The van der Waals surface area contributed by atoms with Crippen molar-refractivity contribution in [3.63, 3.8) is 0 Å². The van der Waals surface area contributed by atoms with Crippen LogP contribution >= 0.6 is 0 Å². The second-order valence-electron chi connectivity index (χ2n) is 5.43. The number of benzene rings is 1. The lowest BCUT2D eigenvalue weighted by Crippen LogP contribution is -2.14. The van der Waals surface area contributed by atoms with Gasteiger partial charge >= 0.3 is 0 Å². The number of rotatable bonds is 2. The van der Waals surface area contributed by atoms with Crippen molar-refractivity contribution in [1.29, 1.82) is 0 Å². The summed E-state index contributed by atoms with van der Waals surface area (Å²) in [6.45, 7) is 6.34. The fraction of sp³-hybridized carbons (Fsp3) is 0.400. The predicted molar refractivity (Wildman–Crippen MR) is 72.9 cm³/mol. The van der Waals surface area contributed by atoms with E-state index in [-0.39, 0.29) is 12.0 Å². The summed E-state index contributed by atoms with van der Waals surface area (Å²) in [5.74, 6) is 0.744. The first-order valence-electron chi connectivity index (χ1n) is 6.05. The maximum absolute atomic E-state index is 9.52. The van der Waals surface area contributed by atoms with Crippen LogP contribution in [0.15, 0.2) is 24.3 Å². The van der Waals surface area contributed by atoms with E-state index in [1.807, 2.05) is 24.3 Å². The van der Waals surface area contributed by atoms with Crippen molar-refractivity contribution >= 4 is 10.9 Å². The molecule has 0 saturated carbocycles. The molecule has 1 N–H and O–H groups in total. The Morgan fingerprint density at radius 3 is 2.56 bits per heavy atom. The van der Waals surface area contributed by atoms with Crippen molar-refractivity contribution in [2.75, 3.05) is 7.11 Å². The zero-order chi connectivity index (χ0) is 13.3. The van der Waals surface area contributed by atoms with Gasteiger partial charge in [0.2, 0.25) is 0 Å². The van der Waals surface area contributed by atoms with Gasteiger partial charge in [-0.15, -0.1) is 0 Å². The Balaban J connectivity index is 2.80. The Morgan fingerprint density at radius 1 is 1.28 bits per heavy atom. The van der Waals surface area contributed by atoms with Crippen molar-refractivity contribution in [2.24, 2.45) is 0 Å². The van der Waals surface area contributed by atoms with Crippen LogP contribution < -0.4 is 4.74 Å². The minimum absolute atomic E-state index is 0.00919. The van der Waals surface area contributed by atoms with Gasteiger partial charge < -0.3 is 9.84 Å². The van der Waals surface area contributed by atoms with Crippen LogP contribution in [0.1, 0.15) is 32.0 Å². The Morgan fingerprint density at radius 2 is 2.00 bits per heavy atom. The Hall–Kier alpha value is -1.61. The maximum Gasteiger partial charge on any atom is 0.145 e. The maximum atomic E-state index is 9.52. The second kappa shape index (κ2) is 4.58. The summed E-state index contributed by atoms with van der Waals surface area (Å²) < 4.78 is 5.35. The molecule has 0 spiro atoms. The van der Waals surface area contributed by atoms with Gasteiger partial charge in [-0.3, -0.25) is 0 Å². The molecule has 1 heterocycles. The average molecular weight is 245 g/mol. The van der Waals surface area contributed by atoms with E-state index >= 15 is 0 Å². The van der Waals surface area contributed by atoms with Crippen LogP contribution in [0.3, 0.4) is 0 Å². The summed E-state index contributed by atoms with van der Waals surface area (Å²) in [4.78, 5) is 4.69. The van der Waals surface area contributed by atoms with Crippen molar-refractivity contribution < 1.29 is 9.84 Å². The van der Waals surface area contributed by atoms with Crippen molar-refractivity contribution in [1.82, 2.24) is 4.98 Å². The number of fused-ring (bicyclic) bond motifs is 1. The standard InChI is InChI=1S/C15H19NO2/c1-15(2,3)13-8-10(9-17)11-6-5-7-12(18-4)14(11)16-13/h5-8,17H,9H2,1-4H3. The number of aromatic nitrogens is 1. The predicted octanol–water partition coefficient (Wildman–Crippen LogP) is 3.03. The third kappa shape index (κ3) is 2.18. The number of nitrogens with zero attached hydrogens (tertiary/aromatic N) is 1. The summed E-state index contributed by atoms with van der Waals surface area (Å²) in [6.07, 6.45) is 0. The van der Waals surface area contributed by atoms with Crippen LogP contribution in [-0.4, -0.2) is 17.2 Å². The number of aliphatic hydroxyl groups is 1. The summed E-state index contributed by atoms with van der Waals surface area (Å²) in [5, 5.41) is 10.5. The summed E-state index contributed by atoms with van der Waals surface area (Å²) >= 11 is 0. The fourth-order valence-corrected chi connectivity index (χ4v) is 1.97. The number of pyridine rings is 1. The highest BCUT2D eigenvalue weighted by Gasteiger charge is 2.18. The molecule has 0 unspecified atom stereocenters. The molecule has 3 heteroatoms. The zero-order valence-electron chi connectivity index (χ0n) is 11.3. The van der Waals surface area contributed by atoms with E-state index in [1.54, 1.807) is 7.11 Å². The van der Waals surface area contributed by atoms with E-state index < -0.39 is 0 Å². The fourth-order valence-electron chi connectivity index (χ4n) is 1.97. The molecule has 0 aliphatic heterocycles. The Bertz CT molecular complexity index is 570. The topological polar surface area (TPSA) is 42.4 Å². The molecule has 1 aromatic heterocycles. The molecule has 0 aliphatic carbocycles. The first kappa shape index (κ1) is 12.8. The van der Waals surface area contributed by atoms with Crippen LogP contribution in [-0.2, 0) is 12.0 Å². The molecule has 0 saturated heterocycles. The largest absolute Gasteiger partial charge is 0.494 e. The quantitative estimate of drug-likeness (QED) is 0.884. The Kier molecular flexibility index (Phi) is 3.26. The lowest BCUT2D eigenvalue weighted by Gasteiger charge is -2.20. The molecule has 2 rings (SSSR count). The molecule has 0 bridgehead atoms. The van der Waals surface area contributed by atoms with Gasteiger partial charge in [-0.1, -0.05) is 32.9 Å². The van der Waals surface area contributed by atoms with E-state index in [1.165, 1.54) is 0 Å². The number of ether oxygens (including phenoxy) is 1. The monoisotopic (exact) mass is 245 g/mol. The third-order valence-corrected chi connectivity index (χ3v) is 3.05. The lowest BCUT2D eigenvalue weighted by molar-refractivity contribution is 0.283. The van der Waals surface area contributed by atoms with Crippen LogP contribution in [0.25, 0.3) is 10.9 Å². The van der Waals surface area contributed by atoms with Crippen LogP contribution in [0, 0.1) is 0 Å².